The van der Waals surface area contributed by atoms with Crippen LogP contribution in [0.3, 0.4) is 0 Å². The number of carbonyl (C=O) groups is 1. The Bertz CT molecular complexity index is 453. The van der Waals surface area contributed by atoms with Crippen LogP contribution in [0.15, 0.2) is 12.3 Å². The number of aliphatic hydroxyl groups is 1. The predicted octanol–water partition coefficient (Wildman–Crippen LogP) is 1.49. The van der Waals surface area contributed by atoms with E-state index in [9.17, 15) is 14.3 Å². The Kier molecular flexibility index (Phi) is 3.76. The maximum atomic E-state index is 13.0. The van der Waals surface area contributed by atoms with E-state index in [0.29, 0.717) is 0 Å². The molecule has 2 rings (SSSR count). The molecule has 1 saturated carbocycles. The molecule has 18 heavy (non-hydrogen) atoms. The zero-order valence-corrected chi connectivity index (χ0v) is 9.77. The van der Waals surface area contributed by atoms with E-state index in [1.807, 2.05) is 0 Å². The number of hydrogen-bond acceptors (Lipinski definition) is 4. The molecule has 0 spiro atoms. The molecule has 1 aliphatic rings. The highest BCUT2D eigenvalue weighted by molar-refractivity contribution is 5.93. The third kappa shape index (κ3) is 2.59. The number of carboxylic acid groups (broad SMARTS) is 1. The molecule has 6 heteroatoms. The quantitative estimate of drug-likeness (QED) is 0.758. The van der Waals surface area contributed by atoms with Crippen molar-refractivity contribution in [2.24, 2.45) is 5.92 Å². The zero-order valence-electron chi connectivity index (χ0n) is 9.77. The monoisotopic (exact) mass is 254 g/mol. The summed E-state index contributed by atoms with van der Waals surface area (Å²) in [5, 5.41) is 21.2. The van der Waals surface area contributed by atoms with Gasteiger partial charge in [-0.25, -0.2) is 14.2 Å². The Morgan fingerprint density at radius 2 is 2.33 bits per heavy atom. The van der Waals surface area contributed by atoms with Crippen molar-refractivity contribution < 1.29 is 19.4 Å². The fraction of sp³-hybridized carbons (Fsp3) is 0.500. The van der Waals surface area contributed by atoms with Crippen LogP contribution in [0.2, 0.25) is 0 Å². The number of rotatable bonds is 4. The van der Waals surface area contributed by atoms with E-state index in [0.717, 1.165) is 31.5 Å². The van der Waals surface area contributed by atoms with Gasteiger partial charge in [-0.2, -0.15) is 0 Å². The summed E-state index contributed by atoms with van der Waals surface area (Å²) >= 11 is 0. The summed E-state index contributed by atoms with van der Waals surface area (Å²) in [6.07, 6.45) is 3.71. The Morgan fingerprint density at radius 3 is 3.00 bits per heavy atom. The number of nitrogens with zero attached hydrogens (tertiary/aromatic N) is 1. The lowest BCUT2D eigenvalue weighted by atomic mass is 10.0. The molecular formula is C12H15FN2O3. The van der Waals surface area contributed by atoms with Gasteiger partial charge in [0.05, 0.1) is 6.20 Å². The minimum absolute atomic E-state index is 0.00828. The summed E-state index contributed by atoms with van der Waals surface area (Å²) in [6, 6.07) is 0.937. The number of carboxylic acids is 1. The van der Waals surface area contributed by atoms with Gasteiger partial charge in [0.25, 0.3) is 0 Å². The van der Waals surface area contributed by atoms with Gasteiger partial charge in [-0.1, -0.05) is 6.42 Å². The van der Waals surface area contributed by atoms with Gasteiger partial charge in [0.2, 0.25) is 0 Å². The Hall–Kier alpha value is -1.69. The summed E-state index contributed by atoms with van der Waals surface area (Å²) in [4.78, 5) is 14.8. The van der Waals surface area contributed by atoms with E-state index in [-0.39, 0.29) is 29.9 Å². The molecular weight excluding hydrogens is 239 g/mol. The smallest absolute Gasteiger partial charge is 0.339 e. The molecule has 1 aliphatic carbocycles. The van der Waals surface area contributed by atoms with Crippen LogP contribution < -0.4 is 5.32 Å². The van der Waals surface area contributed by atoms with Gasteiger partial charge in [0.1, 0.15) is 17.2 Å². The molecule has 1 heterocycles. The standard InChI is InChI=1S/C12H15FN2O3/c13-8-4-9(12(17)18)11(14-5-8)15-10-3-1-2-7(10)6-16/h4-5,7,10,16H,1-3,6H2,(H,14,15)(H,17,18). The second-order valence-electron chi connectivity index (χ2n) is 4.48. The zero-order chi connectivity index (χ0) is 13.1. The highest BCUT2D eigenvalue weighted by atomic mass is 19.1. The number of pyridine rings is 1. The second-order valence-corrected chi connectivity index (χ2v) is 4.48. The van der Waals surface area contributed by atoms with Gasteiger partial charge in [-0.15, -0.1) is 0 Å². The number of hydrogen-bond donors (Lipinski definition) is 3. The van der Waals surface area contributed by atoms with Crippen LogP contribution in [0.5, 0.6) is 0 Å². The number of nitrogens with one attached hydrogen (secondary N) is 1. The minimum atomic E-state index is -1.22. The Morgan fingerprint density at radius 1 is 1.56 bits per heavy atom. The maximum Gasteiger partial charge on any atom is 0.339 e. The molecule has 0 bridgehead atoms. The predicted molar refractivity (Wildman–Crippen MR) is 63.0 cm³/mol. The largest absolute Gasteiger partial charge is 0.478 e. The first-order valence-electron chi connectivity index (χ1n) is 5.88. The molecule has 5 nitrogen and oxygen atoms in total. The summed E-state index contributed by atoms with van der Waals surface area (Å²) in [7, 11) is 0. The molecule has 2 atom stereocenters. The van der Waals surface area contributed by atoms with Crippen LogP contribution in [-0.4, -0.2) is 33.8 Å². The number of aromatic nitrogens is 1. The highest BCUT2D eigenvalue weighted by Gasteiger charge is 2.28. The lowest BCUT2D eigenvalue weighted by Gasteiger charge is -2.20. The molecule has 0 amide bonds. The van der Waals surface area contributed by atoms with Crippen LogP contribution in [0.1, 0.15) is 29.6 Å². The molecule has 0 aliphatic heterocycles. The minimum Gasteiger partial charge on any atom is -0.478 e. The van der Waals surface area contributed by atoms with Crippen LogP contribution in [0, 0.1) is 11.7 Å². The van der Waals surface area contributed by atoms with Crippen molar-refractivity contribution in [3.05, 3.63) is 23.6 Å². The van der Waals surface area contributed by atoms with Crippen LogP contribution in [-0.2, 0) is 0 Å². The molecule has 0 aromatic carbocycles. The van der Waals surface area contributed by atoms with Crippen LogP contribution >= 0.6 is 0 Å². The third-order valence-electron chi connectivity index (χ3n) is 3.30. The topological polar surface area (TPSA) is 82.5 Å². The summed E-state index contributed by atoms with van der Waals surface area (Å²) in [6.45, 7) is 0.0568. The Labute approximate surface area is 104 Å². The first-order valence-corrected chi connectivity index (χ1v) is 5.88. The van der Waals surface area contributed by atoms with E-state index in [1.165, 1.54) is 0 Å². The SMILES string of the molecule is O=C(O)c1cc(F)cnc1NC1CCCC1CO. The average molecular weight is 254 g/mol. The van der Waals surface area contributed by atoms with Gasteiger partial charge in [0.15, 0.2) is 0 Å². The van der Waals surface area contributed by atoms with E-state index >= 15 is 0 Å². The van der Waals surface area contributed by atoms with Crippen molar-refractivity contribution in [2.75, 3.05) is 11.9 Å². The summed E-state index contributed by atoms with van der Waals surface area (Å²) in [5.74, 6) is -1.64. The fourth-order valence-corrected chi connectivity index (χ4v) is 2.34. The van der Waals surface area contributed by atoms with Crippen LogP contribution in [0.4, 0.5) is 10.2 Å². The van der Waals surface area contributed by atoms with E-state index in [2.05, 4.69) is 10.3 Å². The third-order valence-corrected chi connectivity index (χ3v) is 3.30. The van der Waals surface area contributed by atoms with Crippen molar-refractivity contribution in [3.63, 3.8) is 0 Å². The van der Waals surface area contributed by atoms with Gasteiger partial charge in [-0.3, -0.25) is 0 Å². The number of anilines is 1. The molecule has 98 valence electrons. The van der Waals surface area contributed by atoms with Crippen molar-refractivity contribution in [1.29, 1.82) is 0 Å². The van der Waals surface area contributed by atoms with E-state index in [1.54, 1.807) is 0 Å². The first kappa shape index (κ1) is 12.8. The van der Waals surface area contributed by atoms with Gasteiger partial charge >= 0.3 is 5.97 Å². The molecule has 0 saturated heterocycles. The van der Waals surface area contributed by atoms with Crippen molar-refractivity contribution in [1.82, 2.24) is 4.98 Å². The summed E-state index contributed by atoms with van der Waals surface area (Å²) < 4.78 is 13.0. The lowest BCUT2D eigenvalue weighted by molar-refractivity contribution is 0.0697. The molecule has 1 aromatic rings. The fourth-order valence-electron chi connectivity index (χ4n) is 2.34. The van der Waals surface area contributed by atoms with Crippen LogP contribution in [0.25, 0.3) is 0 Å². The summed E-state index contributed by atoms with van der Waals surface area (Å²) in [5.41, 5.74) is -0.182. The first-order chi connectivity index (χ1) is 8.61. The highest BCUT2D eigenvalue weighted by Crippen LogP contribution is 2.28. The van der Waals surface area contributed by atoms with Gasteiger partial charge in [-0.05, 0) is 18.9 Å². The second kappa shape index (κ2) is 5.30. The van der Waals surface area contributed by atoms with Crippen molar-refractivity contribution >= 4 is 11.8 Å². The number of aliphatic hydroxyl groups excluding tert-OH is 1. The lowest BCUT2D eigenvalue weighted by Crippen LogP contribution is -2.27. The molecule has 1 aromatic heterocycles. The molecule has 1 fully saturated rings. The number of aromatic carboxylic acids is 1. The van der Waals surface area contributed by atoms with Gasteiger partial charge in [0, 0.05) is 18.6 Å². The number of halogens is 1. The van der Waals surface area contributed by atoms with E-state index in [4.69, 9.17) is 5.11 Å². The molecule has 2 unspecified atom stereocenters. The molecule has 0 radical (unpaired) electrons. The van der Waals surface area contributed by atoms with Crippen molar-refractivity contribution in [3.8, 4) is 0 Å². The Balaban J connectivity index is 2.20. The van der Waals surface area contributed by atoms with Gasteiger partial charge < -0.3 is 15.5 Å². The van der Waals surface area contributed by atoms with E-state index < -0.39 is 11.8 Å². The normalized spacial score (nSPS) is 23.0. The maximum absolute atomic E-state index is 13.0. The van der Waals surface area contributed by atoms with Crippen molar-refractivity contribution in [2.45, 2.75) is 25.3 Å². The average Bonchev–Trinajstić information content (AvgIpc) is 2.78. The molecule has 3 N–H and O–H groups in total.